The first-order chi connectivity index (χ1) is 12.9. The number of rotatable bonds is 5. The average molecular weight is 345 g/mol. The van der Waals surface area contributed by atoms with Crippen LogP contribution in [0.1, 0.15) is 11.3 Å². The molecule has 0 radical (unpaired) electrons. The molecule has 1 fully saturated rings. The molecule has 2 heterocycles. The highest BCUT2D eigenvalue weighted by atomic mass is 16.3. The molecule has 2 aromatic carbocycles. The van der Waals surface area contributed by atoms with Crippen LogP contribution in [0.2, 0.25) is 0 Å². The summed E-state index contributed by atoms with van der Waals surface area (Å²) >= 11 is 0. The zero-order chi connectivity index (χ0) is 17.6. The quantitative estimate of drug-likeness (QED) is 0.648. The van der Waals surface area contributed by atoms with Crippen LogP contribution < -0.4 is 0 Å². The molecule has 3 aromatic rings. The van der Waals surface area contributed by atoms with Gasteiger partial charge in [-0.3, -0.25) is 9.91 Å². The van der Waals surface area contributed by atoms with Gasteiger partial charge in [0.05, 0.1) is 6.26 Å². The Morgan fingerprint density at radius 2 is 1.77 bits per heavy atom. The third-order valence-corrected chi connectivity index (χ3v) is 4.74. The van der Waals surface area contributed by atoms with E-state index < -0.39 is 0 Å². The number of benzene rings is 2. The van der Waals surface area contributed by atoms with Gasteiger partial charge in [0.15, 0.2) is 0 Å². The molecule has 1 aromatic heterocycles. The third-order valence-electron chi connectivity index (χ3n) is 4.74. The fourth-order valence-corrected chi connectivity index (χ4v) is 3.34. The van der Waals surface area contributed by atoms with E-state index in [1.54, 1.807) is 6.26 Å². The molecule has 1 aliphatic heterocycles. The van der Waals surface area contributed by atoms with E-state index in [1.807, 2.05) is 30.5 Å². The van der Waals surface area contributed by atoms with Gasteiger partial charge in [-0.1, -0.05) is 42.5 Å². The van der Waals surface area contributed by atoms with Crippen molar-refractivity contribution in [3.05, 3.63) is 78.3 Å². The Labute approximate surface area is 154 Å². The zero-order valence-electron chi connectivity index (χ0n) is 14.8. The molecule has 1 saturated heterocycles. The van der Waals surface area contributed by atoms with Crippen molar-refractivity contribution >= 4 is 23.1 Å². The molecule has 0 unspecified atom stereocenters. The highest BCUT2D eigenvalue weighted by Crippen LogP contribution is 2.20. The first-order valence-electron chi connectivity index (χ1n) is 9.06. The Balaban J connectivity index is 1.31. The molecular weight excluding hydrogens is 322 g/mol. The summed E-state index contributed by atoms with van der Waals surface area (Å²) < 4.78 is 5.26. The summed E-state index contributed by atoms with van der Waals surface area (Å²) in [6, 6.07) is 19.0. The predicted molar refractivity (Wildman–Crippen MR) is 107 cm³/mol. The number of hydrazone groups is 1. The molecule has 0 spiro atoms. The molecule has 0 aliphatic carbocycles. The van der Waals surface area contributed by atoms with Gasteiger partial charge < -0.3 is 4.42 Å². The normalized spacial score (nSPS) is 16.2. The minimum absolute atomic E-state index is 0.844. The number of hydrogen-bond acceptors (Lipinski definition) is 4. The number of fused-ring (bicyclic) bond motifs is 1. The second-order valence-corrected chi connectivity index (χ2v) is 6.51. The maximum atomic E-state index is 5.26. The van der Waals surface area contributed by atoms with E-state index in [0.717, 1.165) is 38.5 Å². The van der Waals surface area contributed by atoms with Crippen molar-refractivity contribution in [1.82, 2.24) is 9.91 Å². The maximum absolute atomic E-state index is 5.26. The number of nitrogens with zero attached hydrogens (tertiary/aromatic N) is 3. The van der Waals surface area contributed by atoms with Crippen LogP contribution >= 0.6 is 0 Å². The second kappa shape index (κ2) is 8.02. The van der Waals surface area contributed by atoms with E-state index in [9.17, 15) is 0 Å². The monoisotopic (exact) mass is 345 g/mol. The summed E-state index contributed by atoms with van der Waals surface area (Å²) in [5, 5.41) is 9.33. The van der Waals surface area contributed by atoms with Crippen LogP contribution in [0.15, 0.2) is 76.5 Å². The van der Waals surface area contributed by atoms with Crippen molar-refractivity contribution in [2.45, 2.75) is 6.54 Å². The molecule has 0 atom stereocenters. The first kappa shape index (κ1) is 16.6. The van der Waals surface area contributed by atoms with E-state index in [2.05, 4.69) is 57.5 Å². The van der Waals surface area contributed by atoms with Gasteiger partial charge in [0.25, 0.3) is 0 Å². The molecule has 0 bridgehead atoms. The molecule has 0 amide bonds. The molecule has 4 nitrogen and oxygen atoms in total. The van der Waals surface area contributed by atoms with Gasteiger partial charge in [-0.05, 0) is 40.6 Å². The molecule has 132 valence electrons. The van der Waals surface area contributed by atoms with Crippen LogP contribution in [0.25, 0.3) is 16.8 Å². The van der Waals surface area contributed by atoms with Crippen molar-refractivity contribution in [2.24, 2.45) is 5.10 Å². The van der Waals surface area contributed by atoms with Crippen LogP contribution in [0, 0.1) is 0 Å². The summed E-state index contributed by atoms with van der Waals surface area (Å²) in [7, 11) is 0. The van der Waals surface area contributed by atoms with E-state index in [1.165, 1.54) is 16.3 Å². The fourth-order valence-electron chi connectivity index (χ4n) is 3.34. The van der Waals surface area contributed by atoms with Gasteiger partial charge in [0.2, 0.25) is 0 Å². The van der Waals surface area contributed by atoms with E-state index in [0.29, 0.717) is 0 Å². The van der Waals surface area contributed by atoms with E-state index >= 15 is 0 Å². The molecule has 0 N–H and O–H groups in total. The Morgan fingerprint density at radius 1 is 0.923 bits per heavy atom. The third kappa shape index (κ3) is 4.03. The number of furan rings is 1. The standard InChI is InChI=1S/C22H23N3O/c1-2-11-22-19(6-1)7-3-8-20(22)18-24-13-15-25(16-14-24)23-12-4-9-21-10-5-17-26-21/h1-12,17H,13-16,18H2/b9-4-,23-12+. The molecular formula is C22H23N3O. The topological polar surface area (TPSA) is 32.0 Å². The number of piperazine rings is 1. The lowest BCUT2D eigenvalue weighted by atomic mass is 10.0. The summed E-state index contributed by atoms with van der Waals surface area (Å²) in [5.74, 6) is 0.844. The van der Waals surface area contributed by atoms with Crippen molar-refractivity contribution < 1.29 is 4.42 Å². The minimum Gasteiger partial charge on any atom is -0.465 e. The van der Waals surface area contributed by atoms with Crippen molar-refractivity contribution in [2.75, 3.05) is 26.2 Å². The van der Waals surface area contributed by atoms with Crippen molar-refractivity contribution in [3.63, 3.8) is 0 Å². The molecule has 0 saturated carbocycles. The van der Waals surface area contributed by atoms with Gasteiger partial charge in [0, 0.05) is 38.9 Å². The van der Waals surface area contributed by atoms with Gasteiger partial charge >= 0.3 is 0 Å². The number of hydrogen-bond donors (Lipinski definition) is 0. The molecule has 4 heteroatoms. The Bertz CT molecular complexity index is 885. The number of allylic oxidation sites excluding steroid dienone is 1. The Hall–Kier alpha value is -2.85. The lowest BCUT2D eigenvalue weighted by molar-refractivity contribution is 0.131. The van der Waals surface area contributed by atoms with E-state index in [-0.39, 0.29) is 0 Å². The van der Waals surface area contributed by atoms with Gasteiger partial charge in [-0.2, -0.15) is 5.10 Å². The van der Waals surface area contributed by atoms with Gasteiger partial charge in [-0.15, -0.1) is 0 Å². The Morgan fingerprint density at radius 3 is 2.62 bits per heavy atom. The molecule has 1 aliphatic rings. The lowest BCUT2D eigenvalue weighted by Crippen LogP contribution is -2.43. The predicted octanol–water partition coefficient (Wildman–Crippen LogP) is 4.25. The first-order valence-corrected chi connectivity index (χ1v) is 9.06. The van der Waals surface area contributed by atoms with Gasteiger partial charge in [0.1, 0.15) is 5.76 Å². The van der Waals surface area contributed by atoms with Crippen molar-refractivity contribution in [1.29, 1.82) is 0 Å². The van der Waals surface area contributed by atoms with Crippen LogP contribution in [0.5, 0.6) is 0 Å². The molecule has 26 heavy (non-hydrogen) atoms. The summed E-state index contributed by atoms with van der Waals surface area (Å²) in [4.78, 5) is 2.51. The molecule has 4 rings (SSSR count). The van der Waals surface area contributed by atoms with Gasteiger partial charge in [-0.25, -0.2) is 0 Å². The van der Waals surface area contributed by atoms with Crippen LogP contribution in [-0.2, 0) is 6.54 Å². The zero-order valence-corrected chi connectivity index (χ0v) is 14.8. The maximum Gasteiger partial charge on any atom is 0.126 e. The fraction of sp³-hybridized carbons (Fsp3) is 0.227. The summed E-state index contributed by atoms with van der Waals surface area (Å²) in [6.07, 6.45) is 7.34. The van der Waals surface area contributed by atoms with Crippen LogP contribution in [0.4, 0.5) is 0 Å². The van der Waals surface area contributed by atoms with Crippen LogP contribution in [0.3, 0.4) is 0 Å². The largest absolute Gasteiger partial charge is 0.465 e. The SMILES string of the molecule is C(=C/c1ccco1)/C=N/N1CCN(Cc2cccc3ccccc23)CC1. The summed E-state index contributed by atoms with van der Waals surface area (Å²) in [5.41, 5.74) is 1.40. The minimum atomic E-state index is 0.844. The Kier molecular flexibility index (Phi) is 5.12. The van der Waals surface area contributed by atoms with E-state index in [4.69, 9.17) is 4.42 Å². The smallest absolute Gasteiger partial charge is 0.126 e. The van der Waals surface area contributed by atoms with Crippen molar-refractivity contribution in [3.8, 4) is 0 Å². The highest BCUT2D eigenvalue weighted by Gasteiger charge is 2.16. The summed E-state index contributed by atoms with van der Waals surface area (Å²) in [6.45, 7) is 4.97. The lowest BCUT2D eigenvalue weighted by Gasteiger charge is -2.33. The highest BCUT2D eigenvalue weighted by molar-refractivity contribution is 5.85. The second-order valence-electron chi connectivity index (χ2n) is 6.51. The van der Waals surface area contributed by atoms with Crippen LogP contribution in [-0.4, -0.2) is 42.3 Å². The average Bonchev–Trinajstić information content (AvgIpc) is 3.20.